The number of hydrogen-bond donors (Lipinski definition) is 3. The highest BCUT2D eigenvalue weighted by Gasteiger charge is 2.12. The zero-order valence-corrected chi connectivity index (χ0v) is 18.5. The van der Waals surface area contributed by atoms with Crippen LogP contribution in [0.15, 0.2) is 0 Å². The summed E-state index contributed by atoms with van der Waals surface area (Å²) in [7, 11) is -5.48. The molecule has 148 valence electrons. The molecule has 24 heavy (non-hydrogen) atoms. The smallest absolute Gasteiger partial charge is 0.266 e. The fourth-order valence-corrected chi connectivity index (χ4v) is 3.60. The lowest BCUT2D eigenvalue weighted by Gasteiger charge is -2.14. The predicted octanol–water partition coefficient (Wildman–Crippen LogP) is 4.70. The molecule has 3 N–H and O–H groups in total. The second-order valence-electron chi connectivity index (χ2n) is 7.03. The minimum absolute atomic E-state index is 0.505. The fourth-order valence-electron chi connectivity index (χ4n) is 1.88. The molecule has 0 saturated carbocycles. The molecule has 0 rings (SSSR count). The van der Waals surface area contributed by atoms with Crippen LogP contribution in [0.2, 0.25) is 0 Å². The van der Waals surface area contributed by atoms with Crippen LogP contribution >= 0.6 is 15.0 Å². The van der Waals surface area contributed by atoms with Crippen LogP contribution < -0.4 is 10.2 Å². The summed E-state index contributed by atoms with van der Waals surface area (Å²) in [4.78, 5) is 8.83. The number of rotatable bonds is 12. The van der Waals surface area contributed by atoms with Crippen molar-refractivity contribution in [3.63, 3.8) is 0 Å². The Balaban J connectivity index is 0. The van der Waals surface area contributed by atoms with E-state index in [2.05, 4.69) is 37.9 Å². The Kier molecular flexibility index (Phi) is 16.0. The van der Waals surface area contributed by atoms with Crippen LogP contribution in [0, 0.1) is 11.8 Å². The van der Waals surface area contributed by atoms with Gasteiger partial charge in [0.25, 0.3) is 15.0 Å². The van der Waals surface area contributed by atoms with Gasteiger partial charge in [0.1, 0.15) is 0 Å². The SMILES string of the molecule is CC(C)CCCNP(C)(=O)O.CCOP(C)(=O)NCCCC(C)C. The molecular weight excluding hydrogens is 346 g/mol. The van der Waals surface area contributed by atoms with E-state index in [1.54, 1.807) is 6.66 Å². The third-order valence-electron chi connectivity index (χ3n) is 3.10. The zero-order valence-electron chi connectivity index (χ0n) is 16.7. The summed E-state index contributed by atoms with van der Waals surface area (Å²) in [5.41, 5.74) is 0. The highest BCUT2D eigenvalue weighted by Crippen LogP contribution is 2.36. The van der Waals surface area contributed by atoms with Crippen LogP contribution in [0.5, 0.6) is 0 Å². The molecule has 0 aromatic heterocycles. The average molecular weight is 386 g/mol. The molecule has 0 heterocycles. The Morgan fingerprint density at radius 3 is 1.67 bits per heavy atom. The molecule has 0 amide bonds. The van der Waals surface area contributed by atoms with Crippen molar-refractivity contribution in [3.05, 3.63) is 0 Å². The highest BCUT2D eigenvalue weighted by atomic mass is 31.2. The minimum atomic E-state index is -2.98. The Bertz CT molecular complexity index is 384. The monoisotopic (exact) mass is 386 g/mol. The van der Waals surface area contributed by atoms with Gasteiger partial charge in [0.2, 0.25) is 0 Å². The van der Waals surface area contributed by atoms with Crippen LogP contribution in [-0.2, 0) is 13.7 Å². The van der Waals surface area contributed by atoms with Crippen LogP contribution in [0.25, 0.3) is 0 Å². The molecule has 0 bridgehead atoms. The van der Waals surface area contributed by atoms with Crippen molar-refractivity contribution in [2.45, 2.75) is 60.3 Å². The van der Waals surface area contributed by atoms with E-state index in [-0.39, 0.29) is 0 Å². The first-order valence-electron chi connectivity index (χ1n) is 8.92. The third kappa shape index (κ3) is 24.6. The van der Waals surface area contributed by atoms with Gasteiger partial charge in [-0.1, -0.05) is 27.7 Å². The molecule has 0 aliphatic heterocycles. The first-order valence-corrected chi connectivity index (χ1v) is 13.1. The second kappa shape index (κ2) is 14.5. The molecule has 0 saturated heterocycles. The third-order valence-corrected chi connectivity index (χ3v) is 5.46. The summed E-state index contributed by atoms with van der Waals surface area (Å²) in [6.45, 7) is 15.4. The first-order chi connectivity index (χ1) is 10.9. The van der Waals surface area contributed by atoms with Gasteiger partial charge in [0.15, 0.2) is 0 Å². The van der Waals surface area contributed by atoms with Crippen LogP contribution in [-0.4, -0.2) is 37.9 Å². The maximum Gasteiger partial charge on any atom is 0.266 e. The van der Waals surface area contributed by atoms with Gasteiger partial charge in [0.05, 0.1) is 6.61 Å². The fraction of sp³-hybridized carbons (Fsp3) is 1.00. The summed E-state index contributed by atoms with van der Waals surface area (Å²) in [5.74, 6) is 1.39. The van der Waals surface area contributed by atoms with E-state index in [1.165, 1.54) is 13.1 Å². The molecule has 0 aromatic rings. The van der Waals surface area contributed by atoms with Crippen molar-refractivity contribution in [3.8, 4) is 0 Å². The lowest BCUT2D eigenvalue weighted by molar-refractivity contribution is 0.328. The van der Waals surface area contributed by atoms with Crippen molar-refractivity contribution in [1.29, 1.82) is 0 Å². The van der Waals surface area contributed by atoms with Crippen molar-refractivity contribution >= 4 is 15.0 Å². The number of nitrogens with one attached hydrogen (secondary N) is 2. The molecule has 0 aromatic carbocycles. The molecule has 0 aliphatic carbocycles. The molecule has 0 spiro atoms. The first kappa shape index (κ1) is 26.5. The van der Waals surface area contributed by atoms with Crippen molar-refractivity contribution in [2.24, 2.45) is 11.8 Å². The van der Waals surface area contributed by atoms with E-state index in [0.29, 0.717) is 25.0 Å². The average Bonchev–Trinajstić information content (AvgIpc) is 2.39. The zero-order chi connectivity index (χ0) is 19.2. The Hall–Kier alpha value is 0.300. The molecule has 2 atom stereocenters. The molecule has 8 heteroatoms. The van der Waals surface area contributed by atoms with Crippen molar-refractivity contribution in [2.75, 3.05) is 33.0 Å². The van der Waals surface area contributed by atoms with Gasteiger partial charge in [0, 0.05) is 26.4 Å². The van der Waals surface area contributed by atoms with Gasteiger partial charge in [-0.3, -0.25) is 9.13 Å². The van der Waals surface area contributed by atoms with Gasteiger partial charge in [-0.05, 0) is 44.4 Å². The molecule has 0 radical (unpaired) electrons. The predicted molar refractivity (Wildman–Crippen MR) is 105 cm³/mol. The quantitative estimate of drug-likeness (QED) is 0.333. The highest BCUT2D eigenvalue weighted by molar-refractivity contribution is 7.56. The van der Waals surface area contributed by atoms with E-state index in [9.17, 15) is 9.13 Å². The lowest BCUT2D eigenvalue weighted by atomic mass is 10.1. The molecular formula is C16H40N2O4P2. The molecule has 0 aliphatic rings. The number of hydrogen-bond acceptors (Lipinski definition) is 3. The van der Waals surface area contributed by atoms with Gasteiger partial charge in [-0.2, -0.15) is 0 Å². The van der Waals surface area contributed by atoms with Crippen LogP contribution in [0.3, 0.4) is 0 Å². The summed E-state index contributed by atoms with van der Waals surface area (Å²) in [6.07, 6.45) is 4.30. The Morgan fingerprint density at radius 2 is 1.33 bits per heavy atom. The summed E-state index contributed by atoms with van der Waals surface area (Å²) < 4.78 is 27.3. The maximum absolute atomic E-state index is 11.5. The summed E-state index contributed by atoms with van der Waals surface area (Å²) in [5, 5.41) is 5.54. The maximum atomic E-state index is 11.5. The van der Waals surface area contributed by atoms with Crippen molar-refractivity contribution < 1.29 is 18.5 Å². The normalized spacial score (nSPS) is 16.4. The van der Waals surface area contributed by atoms with E-state index in [0.717, 1.165) is 25.8 Å². The standard InChI is InChI=1S/C9H22NO2P.C7H18NO2P/c1-5-12-13(4,11)10-8-6-7-9(2)3;1-7(2)5-4-6-8-11(3,9)10/h9H,5-8H2,1-4H3,(H,10,11);7H,4-6H2,1-3H3,(H2,8,9,10). The van der Waals surface area contributed by atoms with Crippen LogP contribution in [0.4, 0.5) is 0 Å². The van der Waals surface area contributed by atoms with E-state index in [4.69, 9.17) is 9.42 Å². The van der Waals surface area contributed by atoms with Crippen LogP contribution in [0.1, 0.15) is 60.3 Å². The second-order valence-corrected chi connectivity index (χ2v) is 11.4. The minimum Gasteiger partial charge on any atom is -0.333 e. The van der Waals surface area contributed by atoms with Gasteiger partial charge in [-0.15, -0.1) is 0 Å². The summed E-state index contributed by atoms with van der Waals surface area (Å²) in [6, 6.07) is 0. The largest absolute Gasteiger partial charge is 0.333 e. The Labute approximate surface area is 149 Å². The molecule has 0 fully saturated rings. The van der Waals surface area contributed by atoms with Gasteiger partial charge < -0.3 is 9.42 Å². The summed E-state index contributed by atoms with van der Waals surface area (Å²) >= 11 is 0. The van der Waals surface area contributed by atoms with Crippen molar-refractivity contribution in [1.82, 2.24) is 10.2 Å². The Morgan fingerprint density at radius 1 is 0.917 bits per heavy atom. The van der Waals surface area contributed by atoms with E-state index >= 15 is 0 Å². The van der Waals surface area contributed by atoms with E-state index < -0.39 is 15.0 Å². The molecule has 6 nitrogen and oxygen atoms in total. The molecule has 2 unspecified atom stereocenters. The van der Waals surface area contributed by atoms with E-state index in [1.807, 2.05) is 6.92 Å². The lowest BCUT2D eigenvalue weighted by Crippen LogP contribution is -2.13. The topological polar surface area (TPSA) is 87.7 Å². The van der Waals surface area contributed by atoms with Gasteiger partial charge in [-0.25, -0.2) is 10.2 Å². The van der Waals surface area contributed by atoms with Gasteiger partial charge >= 0.3 is 0 Å².